The minimum atomic E-state index is -0.548. The largest absolute Gasteiger partial charge is 0.382 e. The van der Waals surface area contributed by atoms with E-state index in [0.29, 0.717) is 17.6 Å². The van der Waals surface area contributed by atoms with Crippen LogP contribution in [0.1, 0.15) is 32.1 Å². The van der Waals surface area contributed by atoms with Gasteiger partial charge in [-0.3, -0.25) is 10.1 Å². The summed E-state index contributed by atoms with van der Waals surface area (Å²) in [5.74, 6) is 2.67. The number of fused-ring (bicyclic) bond motifs is 5. The first-order valence-electron chi connectivity index (χ1n) is 7.83. The normalized spacial score (nSPS) is 36.7. The van der Waals surface area contributed by atoms with E-state index in [0.717, 1.165) is 30.2 Å². The van der Waals surface area contributed by atoms with E-state index in [1.807, 2.05) is 0 Å². The summed E-state index contributed by atoms with van der Waals surface area (Å²) in [7, 11) is 0. The van der Waals surface area contributed by atoms with Gasteiger partial charge in [0.25, 0.3) is 5.69 Å². The van der Waals surface area contributed by atoms with Crippen molar-refractivity contribution in [1.82, 2.24) is 0 Å². The van der Waals surface area contributed by atoms with Crippen molar-refractivity contribution in [3.63, 3.8) is 0 Å². The Labute approximate surface area is 122 Å². The number of hydrogen-bond donors (Lipinski definition) is 1. The first-order chi connectivity index (χ1) is 10.1. The second-order valence-corrected chi connectivity index (χ2v) is 6.86. The van der Waals surface area contributed by atoms with Gasteiger partial charge in [-0.1, -0.05) is 6.42 Å². The molecule has 3 aliphatic carbocycles. The van der Waals surface area contributed by atoms with E-state index in [1.54, 1.807) is 0 Å². The molecule has 3 aliphatic rings. The molecule has 0 aromatic heterocycles. The summed E-state index contributed by atoms with van der Waals surface area (Å²) in [5.41, 5.74) is 0.369. The fourth-order valence-electron chi connectivity index (χ4n) is 5.21. The molecule has 5 heteroatoms. The molecule has 3 fully saturated rings. The van der Waals surface area contributed by atoms with E-state index in [2.05, 4.69) is 5.32 Å². The molecule has 21 heavy (non-hydrogen) atoms. The van der Waals surface area contributed by atoms with E-state index >= 15 is 0 Å². The Morgan fingerprint density at radius 1 is 1.14 bits per heavy atom. The average Bonchev–Trinajstić information content (AvgIpc) is 3.09. The smallest absolute Gasteiger partial charge is 0.274 e. The topological polar surface area (TPSA) is 55.2 Å². The molecular formula is C16H19FN2O2. The zero-order valence-electron chi connectivity index (χ0n) is 11.8. The van der Waals surface area contributed by atoms with Crippen molar-refractivity contribution in [3.05, 3.63) is 34.1 Å². The van der Waals surface area contributed by atoms with Crippen LogP contribution in [0, 0.1) is 39.6 Å². The molecule has 0 aliphatic heterocycles. The summed E-state index contributed by atoms with van der Waals surface area (Å²) >= 11 is 0. The number of rotatable bonds is 3. The lowest BCUT2D eigenvalue weighted by Crippen LogP contribution is -2.33. The van der Waals surface area contributed by atoms with Crippen molar-refractivity contribution >= 4 is 11.4 Å². The van der Waals surface area contributed by atoms with E-state index < -0.39 is 10.7 Å². The molecule has 0 heterocycles. The molecule has 1 N–H and O–H groups in total. The van der Waals surface area contributed by atoms with Crippen LogP contribution in [-0.2, 0) is 0 Å². The van der Waals surface area contributed by atoms with Crippen LogP contribution < -0.4 is 5.32 Å². The van der Waals surface area contributed by atoms with E-state index in [1.165, 1.54) is 37.8 Å². The number of halogens is 1. The zero-order valence-corrected chi connectivity index (χ0v) is 11.8. The minimum Gasteiger partial charge on any atom is -0.382 e. The minimum absolute atomic E-state index is 0.181. The Hall–Kier alpha value is -1.65. The van der Waals surface area contributed by atoms with Gasteiger partial charge in [0.1, 0.15) is 5.82 Å². The summed E-state index contributed by atoms with van der Waals surface area (Å²) < 4.78 is 13.5. The van der Waals surface area contributed by atoms with Gasteiger partial charge in [-0.15, -0.1) is 0 Å². The molecule has 5 atom stereocenters. The maximum Gasteiger partial charge on any atom is 0.274 e. The molecule has 4 rings (SSSR count). The Kier molecular flexibility index (Phi) is 2.91. The monoisotopic (exact) mass is 290 g/mol. The first-order valence-corrected chi connectivity index (χ1v) is 7.83. The fourth-order valence-corrected chi connectivity index (χ4v) is 5.21. The molecule has 2 bridgehead atoms. The maximum atomic E-state index is 13.5. The molecule has 0 spiro atoms. The Morgan fingerprint density at radius 3 is 2.76 bits per heavy atom. The van der Waals surface area contributed by atoms with Gasteiger partial charge in [0, 0.05) is 17.8 Å². The number of anilines is 1. The average molecular weight is 290 g/mol. The maximum absolute atomic E-state index is 13.5. The van der Waals surface area contributed by atoms with Crippen molar-refractivity contribution in [2.45, 2.75) is 38.1 Å². The molecule has 1 aromatic rings. The quantitative estimate of drug-likeness (QED) is 0.677. The van der Waals surface area contributed by atoms with Gasteiger partial charge >= 0.3 is 0 Å². The third-order valence-electron chi connectivity index (χ3n) is 5.87. The lowest BCUT2D eigenvalue weighted by Gasteiger charge is -2.32. The highest BCUT2D eigenvalue weighted by Gasteiger charge is 2.53. The van der Waals surface area contributed by atoms with Gasteiger partial charge in [-0.2, -0.15) is 0 Å². The summed E-state index contributed by atoms with van der Waals surface area (Å²) in [6.45, 7) is 0. The molecule has 4 nitrogen and oxygen atoms in total. The van der Waals surface area contributed by atoms with Crippen LogP contribution in [0.4, 0.5) is 15.8 Å². The third-order valence-corrected chi connectivity index (χ3v) is 5.87. The highest BCUT2D eigenvalue weighted by molar-refractivity contribution is 5.52. The van der Waals surface area contributed by atoms with Crippen molar-refractivity contribution in [1.29, 1.82) is 0 Å². The second-order valence-electron chi connectivity index (χ2n) is 6.86. The lowest BCUT2D eigenvalue weighted by molar-refractivity contribution is -0.385. The van der Waals surface area contributed by atoms with E-state index in [4.69, 9.17) is 0 Å². The van der Waals surface area contributed by atoms with Crippen LogP contribution in [0.5, 0.6) is 0 Å². The number of nitro benzene ring substituents is 1. The number of non-ortho nitro benzene ring substituents is 1. The summed E-state index contributed by atoms with van der Waals surface area (Å²) in [6.07, 6.45) is 6.47. The van der Waals surface area contributed by atoms with Crippen molar-refractivity contribution in [3.8, 4) is 0 Å². The molecule has 5 unspecified atom stereocenters. The Bertz CT molecular complexity index is 592. The van der Waals surface area contributed by atoms with E-state index in [-0.39, 0.29) is 5.69 Å². The Balaban J connectivity index is 1.53. The summed E-state index contributed by atoms with van der Waals surface area (Å²) in [5, 5.41) is 14.2. The van der Waals surface area contributed by atoms with Crippen molar-refractivity contribution in [2.75, 3.05) is 5.32 Å². The number of nitrogens with one attached hydrogen (secondary N) is 1. The molecule has 112 valence electrons. The molecule has 0 amide bonds. The van der Waals surface area contributed by atoms with Gasteiger partial charge in [-0.25, -0.2) is 4.39 Å². The number of nitro groups is 1. The standard InChI is InChI=1S/C16H19FN2O2/c17-10-6-11(8-12(7-10)19(20)21)18-16-5-9-4-15(16)14-3-1-2-13(9)14/h6-9,13-16,18H,1-5H2. The van der Waals surface area contributed by atoms with Gasteiger partial charge in [-0.05, 0) is 55.4 Å². The van der Waals surface area contributed by atoms with Gasteiger partial charge in [0.2, 0.25) is 0 Å². The van der Waals surface area contributed by atoms with Crippen LogP contribution in [0.3, 0.4) is 0 Å². The van der Waals surface area contributed by atoms with Crippen molar-refractivity contribution < 1.29 is 9.31 Å². The van der Waals surface area contributed by atoms with Crippen LogP contribution in [0.25, 0.3) is 0 Å². The highest BCUT2D eigenvalue weighted by Crippen LogP contribution is 2.59. The third kappa shape index (κ3) is 2.10. The predicted molar refractivity (Wildman–Crippen MR) is 77.5 cm³/mol. The SMILES string of the molecule is O=[N+]([O-])c1cc(F)cc(NC2CC3CC2C2CCCC32)c1. The molecule has 0 radical (unpaired) electrons. The number of hydrogen-bond acceptors (Lipinski definition) is 3. The highest BCUT2D eigenvalue weighted by atomic mass is 19.1. The molecule has 0 saturated heterocycles. The Morgan fingerprint density at radius 2 is 1.95 bits per heavy atom. The summed E-state index contributed by atoms with van der Waals surface area (Å²) in [4.78, 5) is 10.3. The van der Waals surface area contributed by atoms with Crippen LogP contribution in [-0.4, -0.2) is 11.0 Å². The number of benzene rings is 1. The lowest BCUT2D eigenvalue weighted by atomic mass is 9.79. The van der Waals surface area contributed by atoms with Crippen molar-refractivity contribution in [2.24, 2.45) is 23.7 Å². The molecule has 3 saturated carbocycles. The van der Waals surface area contributed by atoms with E-state index in [9.17, 15) is 14.5 Å². The zero-order chi connectivity index (χ0) is 14.6. The molecular weight excluding hydrogens is 271 g/mol. The van der Waals surface area contributed by atoms with Gasteiger partial charge < -0.3 is 5.32 Å². The van der Waals surface area contributed by atoms with Crippen LogP contribution in [0.2, 0.25) is 0 Å². The van der Waals surface area contributed by atoms with Crippen LogP contribution >= 0.6 is 0 Å². The first kappa shape index (κ1) is 13.0. The van der Waals surface area contributed by atoms with Crippen LogP contribution in [0.15, 0.2) is 18.2 Å². The summed E-state index contributed by atoms with van der Waals surface area (Å²) in [6, 6.07) is 4.14. The van der Waals surface area contributed by atoms with Gasteiger partial charge in [0.05, 0.1) is 11.0 Å². The predicted octanol–water partition coefficient (Wildman–Crippen LogP) is 3.97. The number of nitrogens with zero attached hydrogens (tertiary/aromatic N) is 1. The second kappa shape index (κ2) is 4.68. The fraction of sp³-hybridized carbons (Fsp3) is 0.625. The molecule has 1 aromatic carbocycles. The van der Waals surface area contributed by atoms with Gasteiger partial charge in [0.15, 0.2) is 0 Å².